The van der Waals surface area contributed by atoms with Crippen molar-refractivity contribution in [2.45, 2.75) is 38.7 Å². The van der Waals surface area contributed by atoms with E-state index >= 15 is 0 Å². The Bertz CT molecular complexity index is 901. The molecule has 1 aliphatic rings. The third-order valence-electron chi connectivity index (χ3n) is 4.94. The Morgan fingerprint density at radius 1 is 1.23 bits per heavy atom. The average Bonchev–Trinajstić information content (AvgIpc) is 2.73. The van der Waals surface area contributed by atoms with Crippen LogP contribution in [0.15, 0.2) is 48.1 Å². The number of hydrogen-bond donors (Lipinski definition) is 7. The van der Waals surface area contributed by atoms with Crippen molar-refractivity contribution in [2.24, 2.45) is 23.0 Å². The van der Waals surface area contributed by atoms with Crippen molar-refractivity contribution in [2.75, 3.05) is 17.4 Å². The maximum absolute atomic E-state index is 6.61. The fourth-order valence-electron chi connectivity index (χ4n) is 3.43. The van der Waals surface area contributed by atoms with Crippen LogP contribution in [0, 0.1) is 0 Å². The summed E-state index contributed by atoms with van der Waals surface area (Å²) in [7, 11) is 0. The van der Waals surface area contributed by atoms with E-state index < -0.39 is 12.2 Å². The maximum atomic E-state index is 6.61. The van der Waals surface area contributed by atoms with Crippen LogP contribution in [-0.4, -0.2) is 23.9 Å². The Hall–Kier alpha value is -3.05. The van der Waals surface area contributed by atoms with Gasteiger partial charge in [0.05, 0.1) is 24.5 Å². The molecular weight excluding hydrogens is 382 g/mol. The molecule has 0 spiro atoms. The van der Waals surface area contributed by atoms with Crippen LogP contribution in [0.25, 0.3) is 0 Å². The molecule has 30 heavy (non-hydrogen) atoms. The highest BCUT2D eigenvalue weighted by Gasteiger charge is 2.32. The molecule has 1 aromatic heterocycles. The molecule has 0 amide bonds. The zero-order valence-corrected chi connectivity index (χ0v) is 17.3. The number of pyridine rings is 1. The minimum Gasteiger partial charge on any atom is -0.489 e. The zero-order chi connectivity index (χ0) is 21.8. The Morgan fingerprint density at radius 3 is 2.57 bits per heavy atom. The van der Waals surface area contributed by atoms with E-state index in [4.69, 9.17) is 33.5 Å². The number of nitrogens with two attached hydrogens (primary N) is 5. The number of anilines is 2. The number of hydrazine groups is 1. The van der Waals surface area contributed by atoms with Gasteiger partial charge in [0.15, 0.2) is 0 Å². The van der Waals surface area contributed by atoms with Crippen molar-refractivity contribution < 1.29 is 4.74 Å². The van der Waals surface area contributed by atoms with E-state index in [-0.39, 0.29) is 12.6 Å². The molecule has 0 aliphatic carbocycles. The van der Waals surface area contributed by atoms with Gasteiger partial charge in [0.2, 0.25) is 0 Å². The number of hydrogen-bond acceptors (Lipinski definition) is 10. The fourth-order valence-corrected chi connectivity index (χ4v) is 3.43. The predicted octanol–water partition coefficient (Wildman–Crippen LogP) is -0.0635. The monoisotopic (exact) mass is 413 g/mol. The van der Waals surface area contributed by atoms with Crippen molar-refractivity contribution in [3.63, 3.8) is 0 Å². The summed E-state index contributed by atoms with van der Waals surface area (Å²) in [5.41, 5.74) is 28.4. The molecule has 162 valence electrons. The van der Waals surface area contributed by atoms with Gasteiger partial charge in [-0.25, -0.2) is 5.84 Å². The van der Waals surface area contributed by atoms with E-state index in [1.54, 1.807) is 23.5 Å². The van der Waals surface area contributed by atoms with E-state index in [2.05, 4.69) is 15.6 Å². The van der Waals surface area contributed by atoms with Crippen LogP contribution in [0.3, 0.4) is 0 Å². The van der Waals surface area contributed by atoms with Gasteiger partial charge in [-0.15, -0.1) is 0 Å². The molecule has 3 rings (SSSR count). The summed E-state index contributed by atoms with van der Waals surface area (Å²) in [6.07, 6.45) is 2.82. The molecule has 0 saturated heterocycles. The molecule has 12 N–H and O–H groups in total. The van der Waals surface area contributed by atoms with Crippen molar-refractivity contribution in [1.29, 1.82) is 0 Å². The molecule has 2 unspecified atom stereocenters. The molecular formula is C20H31N9O. The van der Waals surface area contributed by atoms with E-state index in [0.717, 1.165) is 11.1 Å². The van der Waals surface area contributed by atoms with E-state index in [1.807, 2.05) is 32.0 Å². The van der Waals surface area contributed by atoms with Crippen molar-refractivity contribution >= 4 is 11.4 Å². The van der Waals surface area contributed by atoms with Crippen molar-refractivity contribution in [1.82, 2.24) is 15.6 Å². The first-order valence-electron chi connectivity index (χ1n) is 9.78. The maximum Gasteiger partial charge on any atom is 0.146 e. The largest absolute Gasteiger partial charge is 0.489 e. The number of nitrogen functional groups attached to an aromatic ring is 1. The second kappa shape index (κ2) is 9.18. The number of nitrogens with one attached hydrogen (secondary N) is 2. The van der Waals surface area contributed by atoms with Gasteiger partial charge in [-0.05, 0) is 43.2 Å². The smallest absolute Gasteiger partial charge is 0.146 e. The quantitative estimate of drug-likeness (QED) is 0.184. The molecule has 10 heteroatoms. The Balaban J connectivity index is 2.04. The topological polar surface area (TPSA) is 180 Å². The Labute approximate surface area is 176 Å². The summed E-state index contributed by atoms with van der Waals surface area (Å²) < 4.78 is 5.97. The molecule has 2 aromatic rings. The van der Waals surface area contributed by atoms with Gasteiger partial charge in [-0.3, -0.25) is 15.3 Å². The Morgan fingerprint density at radius 2 is 1.93 bits per heavy atom. The number of ether oxygens (including phenoxy) is 1. The summed E-state index contributed by atoms with van der Waals surface area (Å²) in [6, 6.07) is 6.78. The first-order chi connectivity index (χ1) is 14.3. The number of rotatable bonds is 7. The van der Waals surface area contributed by atoms with Crippen LogP contribution in [0.5, 0.6) is 5.75 Å². The summed E-state index contributed by atoms with van der Waals surface area (Å²) in [5.74, 6) is 7.64. The lowest BCUT2D eigenvalue weighted by atomic mass is 9.96. The molecule has 1 aromatic carbocycles. The van der Waals surface area contributed by atoms with Gasteiger partial charge in [0, 0.05) is 36.3 Å². The minimum atomic E-state index is -0.499. The molecule has 10 nitrogen and oxygen atoms in total. The number of nitrogens with zero attached hydrogens (tertiary/aromatic N) is 2. The average molecular weight is 414 g/mol. The lowest BCUT2D eigenvalue weighted by molar-refractivity contribution is 0.242. The lowest BCUT2D eigenvalue weighted by Crippen LogP contribution is -2.59. The van der Waals surface area contributed by atoms with E-state index in [9.17, 15) is 0 Å². The van der Waals surface area contributed by atoms with E-state index in [1.165, 1.54) is 0 Å². The molecule has 2 heterocycles. The number of aromatic nitrogens is 1. The van der Waals surface area contributed by atoms with Gasteiger partial charge in [0.25, 0.3) is 0 Å². The van der Waals surface area contributed by atoms with Gasteiger partial charge < -0.3 is 33.0 Å². The highest BCUT2D eigenvalue weighted by molar-refractivity contribution is 5.68. The highest BCUT2D eigenvalue weighted by Crippen LogP contribution is 2.36. The summed E-state index contributed by atoms with van der Waals surface area (Å²) in [6.45, 7) is 4.57. The number of benzene rings is 1. The molecule has 0 radical (unpaired) electrons. The van der Waals surface area contributed by atoms with Crippen LogP contribution in [0.4, 0.5) is 11.4 Å². The van der Waals surface area contributed by atoms with Gasteiger partial charge in [-0.2, -0.15) is 0 Å². The van der Waals surface area contributed by atoms with Crippen LogP contribution >= 0.6 is 0 Å². The van der Waals surface area contributed by atoms with E-state index in [0.29, 0.717) is 35.2 Å². The fraction of sp³-hybridized carbons (Fsp3) is 0.350. The SMILES string of the molecule is CC(C)Oc1cc(N)c(CN)cc1N(N)C1NCNC(N)=C1C(N)c1ccncc1. The molecule has 2 atom stereocenters. The minimum absolute atomic E-state index is 0.0691. The highest BCUT2D eigenvalue weighted by atomic mass is 16.5. The molecule has 0 fully saturated rings. The third kappa shape index (κ3) is 4.41. The summed E-state index contributed by atoms with van der Waals surface area (Å²) in [4.78, 5) is 4.05. The second-order valence-electron chi connectivity index (χ2n) is 7.38. The van der Waals surface area contributed by atoms with Crippen molar-refractivity contribution in [3.05, 3.63) is 59.2 Å². The standard InChI is InChI=1S/C20H31N9O/c1-11(2)30-16-8-14(22)13(9-21)7-15(16)29(25)20-17(19(24)27-10-28-20)18(23)12-3-5-26-6-4-12/h3-8,11,18,20,27-28H,9-10,21-25H2,1-2H3. The summed E-state index contributed by atoms with van der Waals surface area (Å²) in [5, 5.41) is 7.97. The second-order valence-corrected chi connectivity index (χ2v) is 7.38. The van der Waals surface area contributed by atoms with Gasteiger partial charge >= 0.3 is 0 Å². The molecule has 0 saturated carbocycles. The predicted molar refractivity (Wildman–Crippen MR) is 118 cm³/mol. The zero-order valence-electron chi connectivity index (χ0n) is 17.3. The Kier molecular flexibility index (Phi) is 6.63. The first kappa shape index (κ1) is 21.7. The van der Waals surface area contributed by atoms with Gasteiger partial charge in [-0.1, -0.05) is 0 Å². The molecule has 1 aliphatic heterocycles. The van der Waals surface area contributed by atoms with Crippen LogP contribution in [0.2, 0.25) is 0 Å². The molecule has 0 bridgehead atoms. The van der Waals surface area contributed by atoms with Gasteiger partial charge in [0.1, 0.15) is 17.7 Å². The third-order valence-corrected chi connectivity index (χ3v) is 4.94. The van der Waals surface area contributed by atoms with Crippen LogP contribution in [0.1, 0.15) is 31.0 Å². The van der Waals surface area contributed by atoms with Crippen LogP contribution < -0.4 is 49.2 Å². The lowest BCUT2D eigenvalue weighted by Gasteiger charge is -2.39. The van der Waals surface area contributed by atoms with Crippen molar-refractivity contribution in [3.8, 4) is 5.75 Å². The first-order valence-corrected chi connectivity index (χ1v) is 9.78. The van der Waals surface area contributed by atoms with Crippen LogP contribution in [-0.2, 0) is 6.54 Å². The normalized spacial score (nSPS) is 17.6. The summed E-state index contributed by atoms with van der Waals surface area (Å²) >= 11 is 0.